The molecule has 0 fully saturated rings. The van der Waals surface area contributed by atoms with E-state index in [1.165, 1.54) is 7.11 Å². The number of hydrogen-bond acceptors (Lipinski definition) is 5. The van der Waals surface area contributed by atoms with Crippen LogP contribution in [0.1, 0.15) is 43.6 Å². The molecule has 0 saturated carbocycles. The van der Waals surface area contributed by atoms with Gasteiger partial charge in [-0.2, -0.15) is 0 Å². The Bertz CT molecular complexity index is 1440. The van der Waals surface area contributed by atoms with Gasteiger partial charge in [0.05, 0.1) is 29.7 Å². The lowest BCUT2D eigenvalue weighted by atomic mass is 9.97. The lowest BCUT2D eigenvalue weighted by Gasteiger charge is -2.25. The summed E-state index contributed by atoms with van der Waals surface area (Å²) in [6, 6.07) is 20.3. The van der Waals surface area contributed by atoms with Crippen molar-refractivity contribution in [3.05, 3.63) is 116 Å². The lowest BCUT2D eigenvalue weighted by Crippen LogP contribution is -2.29. The molecule has 4 aromatic rings. The number of esters is 1. The third-order valence-electron chi connectivity index (χ3n) is 5.77. The van der Waals surface area contributed by atoms with Crippen LogP contribution in [-0.2, 0) is 11.3 Å². The van der Waals surface area contributed by atoms with E-state index in [0.29, 0.717) is 27.1 Å². The molecule has 1 aliphatic heterocycles. The van der Waals surface area contributed by atoms with Gasteiger partial charge in [-0.25, -0.2) is 4.79 Å². The smallest absolute Gasteiger partial charge is 0.337 e. The molecule has 1 aromatic heterocycles. The number of benzene rings is 3. The fourth-order valence-corrected chi connectivity index (χ4v) is 4.37. The summed E-state index contributed by atoms with van der Waals surface area (Å²) in [5.41, 5.74) is 2.22. The molecule has 0 spiro atoms. The Morgan fingerprint density at radius 2 is 1.76 bits per heavy atom. The summed E-state index contributed by atoms with van der Waals surface area (Å²) >= 11 is 6.12. The molecule has 0 radical (unpaired) electrons. The average molecular weight is 460 g/mol. The van der Waals surface area contributed by atoms with Crippen molar-refractivity contribution < 1.29 is 18.7 Å². The number of ether oxygens (including phenoxy) is 1. The van der Waals surface area contributed by atoms with E-state index in [-0.39, 0.29) is 29.2 Å². The van der Waals surface area contributed by atoms with Gasteiger partial charge in [0.1, 0.15) is 5.58 Å². The van der Waals surface area contributed by atoms with E-state index >= 15 is 0 Å². The number of halogens is 1. The van der Waals surface area contributed by atoms with Crippen LogP contribution in [0.25, 0.3) is 11.0 Å². The Kier molecular flexibility index (Phi) is 5.23. The largest absolute Gasteiger partial charge is 0.465 e. The van der Waals surface area contributed by atoms with Gasteiger partial charge in [-0.05, 0) is 41.5 Å². The van der Waals surface area contributed by atoms with Gasteiger partial charge in [0.15, 0.2) is 5.43 Å². The van der Waals surface area contributed by atoms with Crippen LogP contribution in [0.3, 0.4) is 0 Å². The number of rotatable bonds is 4. The second kappa shape index (κ2) is 8.22. The summed E-state index contributed by atoms with van der Waals surface area (Å²) in [6.45, 7) is 0.282. The topological polar surface area (TPSA) is 76.8 Å². The summed E-state index contributed by atoms with van der Waals surface area (Å²) < 4.78 is 10.7. The number of nitrogens with zero attached hydrogens (tertiary/aromatic N) is 1. The molecule has 2 heterocycles. The molecule has 164 valence electrons. The number of carbonyl (C=O) groups is 2. The first-order chi connectivity index (χ1) is 16.0. The zero-order valence-corrected chi connectivity index (χ0v) is 18.3. The second-order valence-electron chi connectivity index (χ2n) is 7.75. The SMILES string of the molecule is COC(=O)c1ccc([C@@H]2c3c(oc4ccc(Cl)cc4c3=O)C(=O)N2Cc2ccccc2)cc1. The van der Waals surface area contributed by atoms with Crippen LogP contribution in [0.4, 0.5) is 0 Å². The fraction of sp³-hybridized carbons (Fsp3) is 0.115. The molecule has 1 aliphatic rings. The maximum Gasteiger partial charge on any atom is 0.337 e. The van der Waals surface area contributed by atoms with Gasteiger partial charge in [0.2, 0.25) is 5.76 Å². The molecule has 0 bridgehead atoms. The third-order valence-corrected chi connectivity index (χ3v) is 6.01. The predicted molar refractivity (Wildman–Crippen MR) is 123 cm³/mol. The third kappa shape index (κ3) is 3.58. The van der Waals surface area contributed by atoms with Gasteiger partial charge < -0.3 is 14.1 Å². The van der Waals surface area contributed by atoms with Crippen LogP contribution in [-0.4, -0.2) is 23.9 Å². The molecule has 1 atom stereocenters. The van der Waals surface area contributed by atoms with Crippen LogP contribution >= 0.6 is 11.6 Å². The number of methoxy groups -OCH3 is 1. The maximum atomic E-state index is 13.5. The minimum absolute atomic E-state index is 0.0211. The number of hydrogen-bond donors (Lipinski definition) is 0. The van der Waals surface area contributed by atoms with Crippen molar-refractivity contribution in [3.8, 4) is 0 Å². The van der Waals surface area contributed by atoms with Gasteiger partial charge in [-0.15, -0.1) is 0 Å². The highest BCUT2D eigenvalue weighted by Crippen LogP contribution is 2.39. The molecule has 1 amide bonds. The highest BCUT2D eigenvalue weighted by Gasteiger charge is 2.42. The van der Waals surface area contributed by atoms with Crippen LogP contribution in [0.15, 0.2) is 82.0 Å². The molecule has 6 nitrogen and oxygen atoms in total. The highest BCUT2D eigenvalue weighted by molar-refractivity contribution is 6.31. The first-order valence-electron chi connectivity index (χ1n) is 10.3. The average Bonchev–Trinajstić information content (AvgIpc) is 3.11. The molecule has 0 saturated heterocycles. The van der Waals surface area contributed by atoms with Crippen molar-refractivity contribution in [3.63, 3.8) is 0 Å². The molecule has 7 heteroatoms. The first kappa shape index (κ1) is 21.0. The van der Waals surface area contributed by atoms with E-state index < -0.39 is 12.0 Å². The van der Waals surface area contributed by atoms with Crippen LogP contribution in [0.5, 0.6) is 0 Å². The Hall–Kier alpha value is -3.90. The van der Waals surface area contributed by atoms with E-state index in [9.17, 15) is 14.4 Å². The number of fused-ring (bicyclic) bond motifs is 2. The maximum absolute atomic E-state index is 13.5. The van der Waals surface area contributed by atoms with E-state index in [2.05, 4.69) is 0 Å². The molecular formula is C26H18ClNO5. The molecule has 33 heavy (non-hydrogen) atoms. The molecule has 3 aromatic carbocycles. The lowest BCUT2D eigenvalue weighted by molar-refractivity contribution is 0.0599. The zero-order chi connectivity index (χ0) is 23.1. The van der Waals surface area contributed by atoms with Gasteiger partial charge in [-0.1, -0.05) is 54.1 Å². The standard InChI is InChI=1S/C26H18ClNO5/c1-32-26(31)17-9-7-16(8-10-17)22-21-23(29)19-13-18(27)11-12-20(19)33-24(21)25(30)28(22)14-15-5-3-2-4-6-15/h2-13,22H,14H2,1H3/t22-/m1/s1. The Morgan fingerprint density at radius 1 is 1.03 bits per heavy atom. The monoisotopic (exact) mass is 459 g/mol. The van der Waals surface area contributed by atoms with Crippen LogP contribution in [0.2, 0.25) is 5.02 Å². The van der Waals surface area contributed by atoms with E-state index in [4.69, 9.17) is 20.8 Å². The quantitative estimate of drug-likeness (QED) is 0.402. The van der Waals surface area contributed by atoms with Crippen LogP contribution < -0.4 is 5.43 Å². The van der Waals surface area contributed by atoms with Crippen molar-refractivity contribution in [2.45, 2.75) is 12.6 Å². The molecule has 5 rings (SSSR count). The van der Waals surface area contributed by atoms with Crippen molar-refractivity contribution in [2.75, 3.05) is 7.11 Å². The molecule has 0 N–H and O–H groups in total. The van der Waals surface area contributed by atoms with Gasteiger partial charge in [-0.3, -0.25) is 9.59 Å². The normalized spacial score (nSPS) is 15.0. The van der Waals surface area contributed by atoms with Crippen molar-refractivity contribution >= 4 is 34.4 Å². The van der Waals surface area contributed by atoms with E-state index in [1.807, 2.05) is 30.3 Å². The predicted octanol–water partition coefficient (Wildman–Crippen LogP) is 4.98. The van der Waals surface area contributed by atoms with Gasteiger partial charge >= 0.3 is 5.97 Å². The molecular weight excluding hydrogens is 442 g/mol. The van der Waals surface area contributed by atoms with Gasteiger partial charge in [0.25, 0.3) is 5.91 Å². The number of carbonyl (C=O) groups excluding carboxylic acids is 2. The molecule has 0 aliphatic carbocycles. The molecule has 0 unspecified atom stereocenters. The summed E-state index contributed by atoms with van der Waals surface area (Å²) in [7, 11) is 1.31. The Morgan fingerprint density at radius 3 is 2.45 bits per heavy atom. The minimum atomic E-state index is -0.681. The Balaban J connectivity index is 1.70. The van der Waals surface area contributed by atoms with Crippen LogP contribution in [0, 0.1) is 0 Å². The van der Waals surface area contributed by atoms with Crippen molar-refractivity contribution in [2.24, 2.45) is 0 Å². The number of amides is 1. The highest BCUT2D eigenvalue weighted by atomic mass is 35.5. The van der Waals surface area contributed by atoms with Gasteiger partial charge in [0, 0.05) is 11.6 Å². The van der Waals surface area contributed by atoms with Crippen molar-refractivity contribution in [1.82, 2.24) is 4.90 Å². The zero-order valence-electron chi connectivity index (χ0n) is 17.6. The minimum Gasteiger partial charge on any atom is -0.465 e. The second-order valence-corrected chi connectivity index (χ2v) is 8.19. The Labute approximate surface area is 194 Å². The summed E-state index contributed by atoms with van der Waals surface area (Å²) in [6.07, 6.45) is 0. The first-order valence-corrected chi connectivity index (χ1v) is 10.6. The van der Waals surface area contributed by atoms with E-state index in [0.717, 1.165) is 5.56 Å². The summed E-state index contributed by atoms with van der Waals surface area (Å²) in [5, 5.41) is 0.714. The van der Waals surface area contributed by atoms with E-state index in [1.54, 1.807) is 47.4 Å². The summed E-state index contributed by atoms with van der Waals surface area (Å²) in [5.74, 6) is -0.816. The van der Waals surface area contributed by atoms with Crippen molar-refractivity contribution in [1.29, 1.82) is 0 Å². The summed E-state index contributed by atoms with van der Waals surface area (Å²) in [4.78, 5) is 40.5. The fourth-order valence-electron chi connectivity index (χ4n) is 4.20.